The summed E-state index contributed by atoms with van der Waals surface area (Å²) in [7, 11) is 1.33. The van der Waals surface area contributed by atoms with E-state index in [0.717, 1.165) is 36.3 Å². The van der Waals surface area contributed by atoms with Crippen LogP contribution >= 0.6 is 35.4 Å². The van der Waals surface area contributed by atoms with E-state index >= 15 is 0 Å². The van der Waals surface area contributed by atoms with Crippen molar-refractivity contribution in [2.24, 2.45) is 0 Å². The molecule has 2 aromatic rings. The summed E-state index contributed by atoms with van der Waals surface area (Å²) in [6.07, 6.45) is 6.31. The number of benzene rings is 2. The smallest absolute Gasteiger partial charge is 0.339 e. The van der Waals surface area contributed by atoms with E-state index < -0.39 is 5.97 Å². The van der Waals surface area contributed by atoms with Crippen LogP contribution < -0.4 is 10.6 Å². The number of halogens is 2. The number of nitrogens with one attached hydrogen (secondary N) is 2. The fourth-order valence-corrected chi connectivity index (χ4v) is 4.60. The lowest BCUT2D eigenvalue weighted by Crippen LogP contribution is -2.48. The van der Waals surface area contributed by atoms with Gasteiger partial charge in [-0.3, -0.25) is 0 Å². The molecule has 1 aliphatic carbocycles. The highest BCUT2D eigenvalue weighted by molar-refractivity contribution is 7.80. The summed E-state index contributed by atoms with van der Waals surface area (Å²) in [4.78, 5) is 11.9. The Hall–Kier alpha value is -1.82. The Bertz CT molecular complexity index is 898. The lowest BCUT2D eigenvalue weighted by molar-refractivity contribution is 0.0601. The molecule has 2 aromatic carbocycles. The molecule has 0 unspecified atom stereocenters. The highest BCUT2D eigenvalue weighted by Gasteiger charge is 2.34. The predicted molar refractivity (Wildman–Crippen MR) is 123 cm³/mol. The molecule has 29 heavy (non-hydrogen) atoms. The number of rotatable bonds is 6. The molecule has 1 aliphatic rings. The third-order valence-corrected chi connectivity index (χ3v) is 6.30. The van der Waals surface area contributed by atoms with E-state index in [9.17, 15) is 4.79 Å². The highest BCUT2D eigenvalue weighted by atomic mass is 35.5. The standard InChI is InChI=1S/C22H24Cl2N2O2S/c1-28-20(27)17-14-16(8-9-19(17)24)25-21(29)26-22(11-4-5-12-22)13-10-15-6-2-3-7-18(15)23/h2-3,6-9,14H,4-5,10-13H2,1H3,(H2,25,26,29). The normalized spacial score (nSPS) is 15.0. The molecule has 3 rings (SSSR count). The van der Waals surface area contributed by atoms with Crippen LogP contribution in [0.15, 0.2) is 42.5 Å². The second-order valence-electron chi connectivity index (χ2n) is 7.34. The van der Waals surface area contributed by atoms with Crippen LogP contribution in [0, 0.1) is 0 Å². The van der Waals surface area contributed by atoms with Gasteiger partial charge in [-0.15, -0.1) is 0 Å². The first-order chi connectivity index (χ1) is 13.9. The average Bonchev–Trinajstić information content (AvgIpc) is 3.16. The number of methoxy groups -OCH3 is 1. The van der Waals surface area contributed by atoms with Crippen LogP contribution in [-0.2, 0) is 11.2 Å². The molecule has 2 N–H and O–H groups in total. The molecular formula is C22H24Cl2N2O2S. The van der Waals surface area contributed by atoms with Crippen molar-refractivity contribution in [3.05, 3.63) is 63.6 Å². The molecule has 0 atom stereocenters. The van der Waals surface area contributed by atoms with Crippen molar-refractivity contribution < 1.29 is 9.53 Å². The van der Waals surface area contributed by atoms with Crippen molar-refractivity contribution in [2.75, 3.05) is 12.4 Å². The Kier molecular flexibility index (Phi) is 7.38. The molecule has 0 aliphatic heterocycles. The van der Waals surface area contributed by atoms with E-state index in [0.29, 0.717) is 21.4 Å². The summed E-state index contributed by atoms with van der Waals surface area (Å²) in [6.45, 7) is 0. The van der Waals surface area contributed by atoms with Crippen molar-refractivity contribution in [2.45, 2.75) is 44.1 Å². The number of carbonyl (C=O) groups is 1. The Morgan fingerprint density at radius 1 is 1.14 bits per heavy atom. The van der Waals surface area contributed by atoms with Crippen molar-refractivity contribution >= 4 is 52.2 Å². The van der Waals surface area contributed by atoms with Gasteiger partial charge in [-0.1, -0.05) is 54.2 Å². The molecule has 154 valence electrons. The van der Waals surface area contributed by atoms with Gasteiger partial charge in [0.2, 0.25) is 0 Å². The van der Waals surface area contributed by atoms with Gasteiger partial charge in [-0.25, -0.2) is 4.79 Å². The first-order valence-electron chi connectivity index (χ1n) is 9.63. The Morgan fingerprint density at radius 2 is 1.86 bits per heavy atom. The average molecular weight is 451 g/mol. The molecule has 1 fully saturated rings. The number of ether oxygens (including phenoxy) is 1. The van der Waals surface area contributed by atoms with Crippen molar-refractivity contribution in [3.8, 4) is 0 Å². The van der Waals surface area contributed by atoms with Gasteiger partial charge in [0.25, 0.3) is 0 Å². The van der Waals surface area contributed by atoms with Crippen molar-refractivity contribution in [3.63, 3.8) is 0 Å². The maximum absolute atomic E-state index is 11.9. The topological polar surface area (TPSA) is 50.4 Å². The number of anilines is 1. The van der Waals surface area contributed by atoms with Gasteiger partial charge < -0.3 is 15.4 Å². The number of hydrogen-bond acceptors (Lipinski definition) is 3. The van der Waals surface area contributed by atoms with Gasteiger partial charge in [-0.05, 0) is 67.7 Å². The number of thiocarbonyl (C=S) groups is 1. The van der Waals surface area contributed by atoms with E-state index in [4.69, 9.17) is 40.2 Å². The molecule has 4 nitrogen and oxygen atoms in total. The predicted octanol–water partition coefficient (Wildman–Crippen LogP) is 6.01. The van der Waals surface area contributed by atoms with Crippen LogP contribution in [0.4, 0.5) is 5.69 Å². The molecular weight excluding hydrogens is 427 g/mol. The first-order valence-corrected chi connectivity index (χ1v) is 10.8. The number of esters is 1. The van der Waals surface area contributed by atoms with Gasteiger partial charge in [0.05, 0.1) is 17.7 Å². The summed E-state index contributed by atoms with van der Waals surface area (Å²) in [5.41, 5.74) is 2.09. The fourth-order valence-electron chi connectivity index (χ4n) is 3.84. The van der Waals surface area contributed by atoms with Crippen LogP contribution in [0.5, 0.6) is 0 Å². The Balaban J connectivity index is 1.67. The second kappa shape index (κ2) is 9.79. The third kappa shape index (κ3) is 5.62. The zero-order valence-electron chi connectivity index (χ0n) is 16.3. The largest absolute Gasteiger partial charge is 0.465 e. The SMILES string of the molecule is COC(=O)c1cc(NC(=S)NC2(CCc3ccccc3Cl)CCCC2)ccc1Cl. The fraction of sp³-hybridized carbons (Fsp3) is 0.364. The van der Waals surface area contributed by atoms with Gasteiger partial charge in [-0.2, -0.15) is 0 Å². The van der Waals surface area contributed by atoms with Gasteiger partial charge in [0.1, 0.15) is 0 Å². The van der Waals surface area contributed by atoms with Crippen molar-refractivity contribution in [1.29, 1.82) is 0 Å². The zero-order chi connectivity index (χ0) is 20.9. The molecule has 7 heteroatoms. The number of carbonyl (C=O) groups excluding carboxylic acids is 1. The maximum atomic E-state index is 11.9. The summed E-state index contributed by atoms with van der Waals surface area (Å²) in [6, 6.07) is 13.0. The first kappa shape index (κ1) is 21.9. The summed E-state index contributed by atoms with van der Waals surface area (Å²) in [5.74, 6) is -0.482. The van der Waals surface area contributed by atoms with Crippen LogP contribution in [0.25, 0.3) is 0 Å². The van der Waals surface area contributed by atoms with Crippen LogP contribution in [0.2, 0.25) is 10.0 Å². The van der Waals surface area contributed by atoms with E-state index in [1.807, 2.05) is 18.2 Å². The van der Waals surface area contributed by atoms with Gasteiger partial charge >= 0.3 is 5.97 Å². The van der Waals surface area contributed by atoms with E-state index in [2.05, 4.69) is 16.7 Å². The Labute approximate surface area is 186 Å². The quantitative estimate of drug-likeness (QED) is 0.416. The molecule has 0 amide bonds. The molecule has 0 aromatic heterocycles. The maximum Gasteiger partial charge on any atom is 0.339 e. The molecule has 0 saturated heterocycles. The molecule has 0 heterocycles. The van der Waals surface area contributed by atoms with Gasteiger partial charge in [0, 0.05) is 16.2 Å². The van der Waals surface area contributed by atoms with Gasteiger partial charge in [0.15, 0.2) is 5.11 Å². The van der Waals surface area contributed by atoms with E-state index in [1.165, 1.54) is 20.0 Å². The lowest BCUT2D eigenvalue weighted by atomic mass is 9.89. The minimum atomic E-state index is -0.482. The molecule has 0 radical (unpaired) electrons. The highest BCUT2D eigenvalue weighted by Crippen LogP contribution is 2.34. The number of hydrogen-bond donors (Lipinski definition) is 2. The Morgan fingerprint density at radius 3 is 2.55 bits per heavy atom. The van der Waals surface area contributed by atoms with E-state index in [1.54, 1.807) is 18.2 Å². The molecule has 0 spiro atoms. The molecule has 0 bridgehead atoms. The minimum absolute atomic E-state index is 0.0547. The summed E-state index contributed by atoms with van der Waals surface area (Å²) in [5, 5.41) is 8.39. The zero-order valence-corrected chi connectivity index (χ0v) is 18.6. The second-order valence-corrected chi connectivity index (χ2v) is 8.57. The third-order valence-electron chi connectivity index (χ3n) is 5.40. The number of aryl methyl sites for hydroxylation is 1. The lowest BCUT2D eigenvalue weighted by Gasteiger charge is -2.32. The van der Waals surface area contributed by atoms with Crippen LogP contribution in [-0.4, -0.2) is 23.7 Å². The van der Waals surface area contributed by atoms with Crippen LogP contribution in [0.3, 0.4) is 0 Å². The van der Waals surface area contributed by atoms with Crippen LogP contribution in [0.1, 0.15) is 48.0 Å². The monoisotopic (exact) mass is 450 g/mol. The van der Waals surface area contributed by atoms with E-state index in [-0.39, 0.29) is 5.54 Å². The summed E-state index contributed by atoms with van der Waals surface area (Å²) < 4.78 is 4.77. The molecule has 1 saturated carbocycles. The summed E-state index contributed by atoms with van der Waals surface area (Å²) >= 11 is 18.0. The van der Waals surface area contributed by atoms with Crippen molar-refractivity contribution in [1.82, 2.24) is 5.32 Å². The minimum Gasteiger partial charge on any atom is -0.465 e.